The van der Waals surface area contributed by atoms with E-state index in [-0.39, 0.29) is 17.4 Å². The molecule has 1 N–H and O–H groups in total. The van der Waals surface area contributed by atoms with Gasteiger partial charge in [0.2, 0.25) is 5.91 Å². The number of hydrogen-bond acceptors (Lipinski definition) is 2. The van der Waals surface area contributed by atoms with Crippen LogP contribution in [0.15, 0.2) is 0 Å². The summed E-state index contributed by atoms with van der Waals surface area (Å²) in [7, 11) is 0. The molecular formula is C10H19NO2. The van der Waals surface area contributed by atoms with E-state index in [0.717, 1.165) is 0 Å². The zero-order valence-electron chi connectivity index (χ0n) is 8.71. The lowest BCUT2D eigenvalue weighted by molar-refractivity contribution is -0.137. The van der Waals surface area contributed by atoms with E-state index in [0.29, 0.717) is 25.9 Å². The average Bonchev–Trinajstić information content (AvgIpc) is 2.08. The monoisotopic (exact) mass is 185 g/mol. The number of aliphatic hydroxyl groups is 1. The molecule has 3 nitrogen and oxygen atoms in total. The van der Waals surface area contributed by atoms with Gasteiger partial charge >= 0.3 is 0 Å². The molecule has 0 radical (unpaired) electrons. The number of hydrogen-bond donors (Lipinski definition) is 1. The number of nitrogens with zero attached hydrogens (tertiary/aromatic N) is 1. The Balaban J connectivity index is 2.60. The van der Waals surface area contributed by atoms with Crippen molar-refractivity contribution in [1.29, 1.82) is 0 Å². The van der Waals surface area contributed by atoms with Gasteiger partial charge in [-0.25, -0.2) is 0 Å². The number of carbonyl (C=O) groups is 1. The van der Waals surface area contributed by atoms with Gasteiger partial charge in [0, 0.05) is 24.9 Å². The minimum atomic E-state index is -0.270. The van der Waals surface area contributed by atoms with E-state index >= 15 is 0 Å². The molecule has 1 aliphatic rings. The summed E-state index contributed by atoms with van der Waals surface area (Å²) in [5.41, 5.74) is -0.150. The van der Waals surface area contributed by atoms with Gasteiger partial charge in [-0.1, -0.05) is 20.8 Å². The first-order valence-corrected chi connectivity index (χ1v) is 4.93. The van der Waals surface area contributed by atoms with Crippen molar-refractivity contribution in [2.24, 2.45) is 5.41 Å². The van der Waals surface area contributed by atoms with Crippen LogP contribution in [0.2, 0.25) is 0 Å². The van der Waals surface area contributed by atoms with E-state index in [1.165, 1.54) is 0 Å². The molecule has 3 heteroatoms. The molecule has 1 rings (SSSR count). The lowest BCUT2D eigenvalue weighted by Crippen LogP contribution is -2.50. The second-order valence-electron chi connectivity index (χ2n) is 4.46. The second kappa shape index (κ2) is 3.66. The highest BCUT2D eigenvalue weighted by molar-refractivity contribution is 5.75. The van der Waals surface area contributed by atoms with Crippen LogP contribution in [0, 0.1) is 5.41 Å². The summed E-state index contributed by atoms with van der Waals surface area (Å²) in [6, 6.07) is 0. The van der Waals surface area contributed by atoms with Crippen LogP contribution >= 0.6 is 0 Å². The number of aliphatic hydroxyl groups excluding tert-OH is 1. The van der Waals surface area contributed by atoms with E-state index in [1.54, 1.807) is 0 Å². The van der Waals surface area contributed by atoms with E-state index in [4.69, 9.17) is 0 Å². The fraction of sp³-hybridized carbons (Fsp3) is 0.900. The molecular weight excluding hydrogens is 166 g/mol. The van der Waals surface area contributed by atoms with Gasteiger partial charge in [-0.05, 0) is 6.42 Å². The Kier molecular flexibility index (Phi) is 2.96. The topological polar surface area (TPSA) is 40.5 Å². The van der Waals surface area contributed by atoms with Crippen molar-refractivity contribution >= 4 is 5.91 Å². The molecule has 0 spiro atoms. The van der Waals surface area contributed by atoms with Gasteiger partial charge in [0.05, 0.1) is 6.10 Å². The molecule has 1 heterocycles. The number of rotatable bonds is 1. The highest BCUT2D eigenvalue weighted by Crippen LogP contribution is 2.29. The van der Waals surface area contributed by atoms with Crippen molar-refractivity contribution in [3.05, 3.63) is 0 Å². The average molecular weight is 185 g/mol. The van der Waals surface area contributed by atoms with Crippen molar-refractivity contribution in [1.82, 2.24) is 4.90 Å². The lowest BCUT2D eigenvalue weighted by atomic mass is 9.81. The molecule has 0 bridgehead atoms. The predicted molar refractivity (Wildman–Crippen MR) is 51.3 cm³/mol. The van der Waals surface area contributed by atoms with Gasteiger partial charge < -0.3 is 10.0 Å². The Morgan fingerprint density at radius 3 is 2.69 bits per heavy atom. The van der Waals surface area contributed by atoms with Crippen LogP contribution in [-0.2, 0) is 4.79 Å². The molecule has 0 aliphatic carbocycles. The van der Waals surface area contributed by atoms with Gasteiger partial charge in [0.1, 0.15) is 0 Å². The Hall–Kier alpha value is -0.570. The first kappa shape index (κ1) is 10.5. The maximum absolute atomic E-state index is 11.4. The first-order chi connectivity index (χ1) is 5.97. The third-order valence-corrected chi connectivity index (χ3v) is 2.83. The van der Waals surface area contributed by atoms with Crippen molar-refractivity contribution in [3.8, 4) is 0 Å². The summed E-state index contributed by atoms with van der Waals surface area (Å²) < 4.78 is 0. The first-order valence-electron chi connectivity index (χ1n) is 4.93. The van der Waals surface area contributed by atoms with E-state index in [1.807, 2.05) is 25.7 Å². The largest absolute Gasteiger partial charge is 0.392 e. The molecule has 0 aromatic carbocycles. The van der Waals surface area contributed by atoms with E-state index in [9.17, 15) is 9.90 Å². The Bertz CT molecular complexity index is 201. The third kappa shape index (κ3) is 2.21. The normalized spacial score (nSPS) is 27.4. The number of piperidine rings is 1. The van der Waals surface area contributed by atoms with Crippen molar-refractivity contribution in [2.75, 3.05) is 13.1 Å². The van der Waals surface area contributed by atoms with Crippen molar-refractivity contribution < 1.29 is 9.90 Å². The summed E-state index contributed by atoms with van der Waals surface area (Å²) in [6.45, 7) is 7.28. The second-order valence-corrected chi connectivity index (χ2v) is 4.46. The smallest absolute Gasteiger partial charge is 0.222 e. The summed E-state index contributed by atoms with van der Waals surface area (Å²) in [4.78, 5) is 13.3. The Morgan fingerprint density at radius 1 is 1.62 bits per heavy atom. The predicted octanol–water partition coefficient (Wildman–Crippen LogP) is 1.02. The van der Waals surface area contributed by atoms with Gasteiger partial charge in [-0.3, -0.25) is 4.79 Å². The maximum Gasteiger partial charge on any atom is 0.222 e. The SMILES string of the molecule is CCC(=O)N1CC[C@@H](O)C(C)(C)C1. The molecule has 13 heavy (non-hydrogen) atoms. The fourth-order valence-electron chi connectivity index (χ4n) is 1.78. The van der Waals surface area contributed by atoms with Crippen molar-refractivity contribution in [3.63, 3.8) is 0 Å². The summed E-state index contributed by atoms with van der Waals surface area (Å²) in [6.07, 6.45) is 0.999. The maximum atomic E-state index is 11.4. The van der Waals surface area contributed by atoms with Crippen LogP contribution in [0.25, 0.3) is 0 Å². The molecule has 1 saturated heterocycles. The van der Waals surface area contributed by atoms with E-state index < -0.39 is 0 Å². The minimum absolute atomic E-state index is 0.150. The van der Waals surface area contributed by atoms with E-state index in [2.05, 4.69) is 0 Å². The molecule has 0 aromatic rings. The zero-order chi connectivity index (χ0) is 10.1. The third-order valence-electron chi connectivity index (χ3n) is 2.83. The van der Waals surface area contributed by atoms with Crippen LogP contribution in [0.3, 0.4) is 0 Å². The molecule has 1 aliphatic heterocycles. The molecule has 76 valence electrons. The van der Waals surface area contributed by atoms with Crippen LogP contribution in [0.4, 0.5) is 0 Å². The van der Waals surface area contributed by atoms with Gasteiger partial charge in [-0.2, -0.15) is 0 Å². The van der Waals surface area contributed by atoms with Gasteiger partial charge in [0.25, 0.3) is 0 Å². The molecule has 1 atom stereocenters. The summed E-state index contributed by atoms with van der Waals surface area (Å²) >= 11 is 0. The highest BCUT2D eigenvalue weighted by Gasteiger charge is 2.35. The number of likely N-dealkylation sites (tertiary alicyclic amines) is 1. The minimum Gasteiger partial charge on any atom is -0.392 e. The van der Waals surface area contributed by atoms with Crippen molar-refractivity contribution in [2.45, 2.75) is 39.7 Å². The van der Waals surface area contributed by atoms with Crippen LogP contribution in [-0.4, -0.2) is 35.1 Å². The van der Waals surface area contributed by atoms with Crippen LogP contribution in [0.5, 0.6) is 0 Å². The highest BCUT2D eigenvalue weighted by atomic mass is 16.3. The summed E-state index contributed by atoms with van der Waals surface area (Å²) in [5, 5.41) is 9.67. The molecule has 0 aromatic heterocycles. The van der Waals surface area contributed by atoms with Gasteiger partial charge in [-0.15, -0.1) is 0 Å². The lowest BCUT2D eigenvalue weighted by Gasteiger charge is -2.41. The van der Waals surface area contributed by atoms with Gasteiger partial charge in [0.15, 0.2) is 0 Å². The molecule has 1 amide bonds. The Morgan fingerprint density at radius 2 is 2.23 bits per heavy atom. The fourth-order valence-corrected chi connectivity index (χ4v) is 1.78. The Labute approximate surface area is 79.7 Å². The van der Waals surface area contributed by atoms with Crippen LogP contribution in [0.1, 0.15) is 33.6 Å². The zero-order valence-corrected chi connectivity index (χ0v) is 8.71. The number of carbonyl (C=O) groups excluding carboxylic acids is 1. The number of amides is 1. The molecule has 1 fully saturated rings. The molecule has 0 saturated carbocycles. The summed E-state index contributed by atoms with van der Waals surface area (Å²) in [5.74, 6) is 0.194. The molecule has 0 unspecified atom stereocenters. The standard InChI is InChI=1S/C10H19NO2/c1-4-9(13)11-6-5-8(12)10(2,3)7-11/h8,12H,4-7H2,1-3H3/t8-/m1/s1. The quantitative estimate of drug-likeness (QED) is 0.662. The van der Waals surface area contributed by atoms with Crippen LogP contribution < -0.4 is 0 Å².